The molecule has 1 N–H and O–H groups in total. The van der Waals surface area contributed by atoms with Crippen LogP contribution in [0.1, 0.15) is 50.8 Å². The van der Waals surface area contributed by atoms with Gasteiger partial charge in [-0.05, 0) is 44.4 Å². The number of hydrogen-bond donors (Lipinski definition) is 1. The summed E-state index contributed by atoms with van der Waals surface area (Å²) in [5.74, 6) is 3.06. The second-order valence-electron chi connectivity index (χ2n) is 7.23. The molecule has 1 aliphatic carbocycles. The second-order valence-corrected chi connectivity index (χ2v) is 7.23. The van der Waals surface area contributed by atoms with Gasteiger partial charge in [-0.25, -0.2) is 0 Å². The van der Waals surface area contributed by atoms with Gasteiger partial charge in [0.2, 0.25) is 0 Å². The van der Waals surface area contributed by atoms with E-state index in [1.807, 2.05) is 0 Å². The average Bonchev–Trinajstić information content (AvgIpc) is 3.22. The Morgan fingerprint density at radius 1 is 1.19 bits per heavy atom. The van der Waals surface area contributed by atoms with Crippen molar-refractivity contribution < 1.29 is 0 Å². The third-order valence-corrected chi connectivity index (χ3v) is 5.24. The molecule has 4 heteroatoms. The minimum atomic E-state index is 0.754. The van der Waals surface area contributed by atoms with Gasteiger partial charge >= 0.3 is 0 Å². The van der Waals surface area contributed by atoms with Gasteiger partial charge in [0, 0.05) is 38.3 Å². The fraction of sp³-hybridized carbons (Fsp3) is 0.824. The van der Waals surface area contributed by atoms with E-state index in [1.165, 1.54) is 55.8 Å². The van der Waals surface area contributed by atoms with E-state index in [1.54, 1.807) is 0 Å². The summed E-state index contributed by atoms with van der Waals surface area (Å²) in [6.07, 6.45) is 5.32. The largest absolute Gasteiger partial charge is 0.357 e. The van der Waals surface area contributed by atoms with Crippen molar-refractivity contribution in [2.75, 3.05) is 18.0 Å². The number of nitrogens with one attached hydrogen (secondary N) is 1. The minimum absolute atomic E-state index is 0.754. The molecule has 0 atom stereocenters. The highest BCUT2D eigenvalue weighted by Gasteiger charge is 2.27. The maximum Gasteiger partial charge on any atom is 0.131 e. The van der Waals surface area contributed by atoms with E-state index in [0.717, 1.165) is 24.4 Å². The van der Waals surface area contributed by atoms with E-state index in [0.29, 0.717) is 0 Å². The Morgan fingerprint density at radius 2 is 1.86 bits per heavy atom. The van der Waals surface area contributed by atoms with Crippen LogP contribution < -0.4 is 10.2 Å². The van der Waals surface area contributed by atoms with Crippen LogP contribution in [-0.4, -0.2) is 28.9 Å². The molecule has 1 saturated heterocycles. The molecule has 1 aliphatic heterocycles. The van der Waals surface area contributed by atoms with Gasteiger partial charge in [0.1, 0.15) is 5.82 Å². The second kappa shape index (κ2) is 5.99. The zero-order valence-electron chi connectivity index (χ0n) is 14.0. The number of piperidine rings is 1. The molecule has 3 rings (SSSR count). The summed E-state index contributed by atoms with van der Waals surface area (Å²) < 4.78 is 2.09. The number of anilines is 1. The Morgan fingerprint density at radius 3 is 2.43 bits per heavy atom. The minimum Gasteiger partial charge on any atom is -0.357 e. The van der Waals surface area contributed by atoms with Gasteiger partial charge in [0.05, 0.1) is 5.69 Å². The fourth-order valence-electron chi connectivity index (χ4n) is 3.60. The average molecular weight is 290 g/mol. The number of aromatic nitrogens is 2. The first kappa shape index (κ1) is 14.9. The van der Waals surface area contributed by atoms with Crippen LogP contribution in [0.5, 0.6) is 0 Å². The van der Waals surface area contributed by atoms with E-state index in [2.05, 4.69) is 47.8 Å². The Bertz CT molecular complexity index is 479. The van der Waals surface area contributed by atoms with Gasteiger partial charge < -0.3 is 10.2 Å². The summed E-state index contributed by atoms with van der Waals surface area (Å²) in [4.78, 5) is 2.56. The molecule has 0 radical (unpaired) electrons. The first-order chi connectivity index (χ1) is 10.1. The van der Waals surface area contributed by atoms with Crippen molar-refractivity contribution in [2.45, 2.75) is 59.0 Å². The van der Waals surface area contributed by atoms with Crippen LogP contribution in [0.3, 0.4) is 0 Å². The predicted molar refractivity (Wildman–Crippen MR) is 87.6 cm³/mol. The molecule has 0 unspecified atom stereocenters. The number of hydrogen-bond acceptors (Lipinski definition) is 3. The molecule has 21 heavy (non-hydrogen) atoms. The quantitative estimate of drug-likeness (QED) is 0.905. The van der Waals surface area contributed by atoms with Crippen molar-refractivity contribution in [2.24, 2.45) is 18.9 Å². The van der Waals surface area contributed by atoms with Gasteiger partial charge in [0.15, 0.2) is 0 Å². The standard InChI is InChI=1S/C17H30N4/c1-12(2)14-7-9-21(10-8-14)17-16(11-18-15-5-6-15)13(3)19-20(17)4/h12,14-15,18H,5-11H2,1-4H3. The van der Waals surface area contributed by atoms with Crippen molar-refractivity contribution in [1.29, 1.82) is 0 Å². The van der Waals surface area contributed by atoms with Crippen molar-refractivity contribution in [3.8, 4) is 0 Å². The Balaban J connectivity index is 1.71. The molecule has 0 bridgehead atoms. The highest BCUT2D eigenvalue weighted by atomic mass is 15.4. The molecule has 1 aromatic heterocycles. The molecule has 0 spiro atoms. The van der Waals surface area contributed by atoms with Crippen LogP contribution in [-0.2, 0) is 13.6 Å². The smallest absolute Gasteiger partial charge is 0.131 e. The van der Waals surface area contributed by atoms with Gasteiger partial charge in [-0.15, -0.1) is 0 Å². The monoisotopic (exact) mass is 290 g/mol. The predicted octanol–water partition coefficient (Wildman–Crippen LogP) is 2.85. The summed E-state index contributed by atoms with van der Waals surface area (Å²) in [6, 6.07) is 0.754. The maximum atomic E-state index is 4.67. The molecular weight excluding hydrogens is 260 g/mol. The van der Waals surface area contributed by atoms with E-state index in [-0.39, 0.29) is 0 Å². The molecule has 0 amide bonds. The Labute approximate surface area is 128 Å². The molecule has 4 nitrogen and oxygen atoms in total. The lowest BCUT2D eigenvalue weighted by atomic mass is 9.86. The lowest BCUT2D eigenvalue weighted by Gasteiger charge is -2.35. The molecule has 2 aliphatic rings. The van der Waals surface area contributed by atoms with E-state index in [9.17, 15) is 0 Å². The summed E-state index contributed by atoms with van der Waals surface area (Å²) in [5.41, 5.74) is 2.60. The lowest BCUT2D eigenvalue weighted by Crippen LogP contribution is -2.37. The zero-order valence-corrected chi connectivity index (χ0v) is 14.0. The Kier molecular flexibility index (Phi) is 4.25. The molecule has 0 aromatic carbocycles. The van der Waals surface area contributed by atoms with Crippen LogP contribution in [0.25, 0.3) is 0 Å². The highest BCUT2D eigenvalue weighted by molar-refractivity contribution is 5.50. The Hall–Kier alpha value is -1.03. The summed E-state index contributed by atoms with van der Waals surface area (Å²) in [5, 5.41) is 8.33. The molecule has 2 heterocycles. The fourth-order valence-corrected chi connectivity index (χ4v) is 3.60. The normalized spacial score (nSPS) is 20.5. The van der Waals surface area contributed by atoms with Crippen molar-refractivity contribution >= 4 is 5.82 Å². The SMILES string of the molecule is Cc1nn(C)c(N2CCC(C(C)C)CC2)c1CNC1CC1. The van der Waals surface area contributed by atoms with Gasteiger partial charge in [0.25, 0.3) is 0 Å². The van der Waals surface area contributed by atoms with Crippen LogP contribution in [0.15, 0.2) is 0 Å². The first-order valence-electron chi connectivity index (χ1n) is 8.57. The van der Waals surface area contributed by atoms with Gasteiger partial charge in [-0.3, -0.25) is 4.68 Å². The summed E-state index contributed by atoms with van der Waals surface area (Å²) >= 11 is 0. The molecular formula is C17H30N4. The van der Waals surface area contributed by atoms with Gasteiger partial charge in [-0.2, -0.15) is 5.10 Å². The topological polar surface area (TPSA) is 33.1 Å². The van der Waals surface area contributed by atoms with Crippen molar-refractivity contribution in [3.05, 3.63) is 11.3 Å². The number of rotatable bonds is 5. The highest BCUT2D eigenvalue weighted by Crippen LogP contribution is 2.31. The van der Waals surface area contributed by atoms with Crippen LogP contribution in [0.2, 0.25) is 0 Å². The summed E-state index contributed by atoms with van der Waals surface area (Å²) in [6.45, 7) is 10.2. The molecule has 2 fully saturated rings. The molecule has 118 valence electrons. The van der Waals surface area contributed by atoms with E-state index >= 15 is 0 Å². The maximum absolute atomic E-state index is 4.67. The third kappa shape index (κ3) is 3.25. The van der Waals surface area contributed by atoms with E-state index in [4.69, 9.17) is 0 Å². The van der Waals surface area contributed by atoms with Gasteiger partial charge in [-0.1, -0.05) is 13.8 Å². The third-order valence-electron chi connectivity index (χ3n) is 5.24. The summed E-state index contributed by atoms with van der Waals surface area (Å²) in [7, 11) is 2.09. The van der Waals surface area contributed by atoms with Crippen LogP contribution >= 0.6 is 0 Å². The zero-order chi connectivity index (χ0) is 15.0. The molecule has 1 saturated carbocycles. The number of aryl methyl sites for hydroxylation is 2. The van der Waals surface area contributed by atoms with Crippen molar-refractivity contribution in [1.82, 2.24) is 15.1 Å². The lowest BCUT2D eigenvalue weighted by molar-refractivity contribution is 0.309. The van der Waals surface area contributed by atoms with Crippen LogP contribution in [0, 0.1) is 18.8 Å². The number of nitrogens with zero attached hydrogens (tertiary/aromatic N) is 3. The van der Waals surface area contributed by atoms with Crippen LogP contribution in [0.4, 0.5) is 5.82 Å². The van der Waals surface area contributed by atoms with E-state index < -0.39 is 0 Å². The molecule has 1 aromatic rings. The first-order valence-corrected chi connectivity index (χ1v) is 8.57. The van der Waals surface area contributed by atoms with Crippen molar-refractivity contribution in [3.63, 3.8) is 0 Å².